The molecule has 0 aliphatic rings. The van der Waals surface area contributed by atoms with Gasteiger partial charge in [0.15, 0.2) is 0 Å². The molecule has 0 aliphatic carbocycles. The molecule has 0 radical (unpaired) electrons. The molecule has 138 valence electrons. The van der Waals surface area contributed by atoms with Crippen molar-refractivity contribution in [1.29, 1.82) is 0 Å². The number of methoxy groups -OCH3 is 1. The highest BCUT2D eigenvalue weighted by atomic mass is 16.5. The maximum absolute atomic E-state index is 12.3. The summed E-state index contributed by atoms with van der Waals surface area (Å²) in [6, 6.07) is 13.2. The number of rotatable bonds is 7. The molecular formula is C21H26N2O3. The van der Waals surface area contributed by atoms with Crippen LogP contribution in [0.15, 0.2) is 42.5 Å². The normalized spacial score (nSPS) is 10.5. The average molecular weight is 354 g/mol. The number of para-hydroxylation sites is 1. The van der Waals surface area contributed by atoms with E-state index in [0.717, 1.165) is 16.9 Å². The Morgan fingerprint density at radius 3 is 2.50 bits per heavy atom. The fourth-order valence-electron chi connectivity index (χ4n) is 2.49. The molecule has 2 amide bonds. The molecule has 5 nitrogen and oxygen atoms in total. The van der Waals surface area contributed by atoms with Gasteiger partial charge in [-0.2, -0.15) is 0 Å². The maximum atomic E-state index is 12.3. The third-order valence-corrected chi connectivity index (χ3v) is 4.12. The van der Waals surface area contributed by atoms with Gasteiger partial charge in [0.25, 0.3) is 0 Å². The van der Waals surface area contributed by atoms with Crippen LogP contribution >= 0.6 is 0 Å². The molecule has 0 spiro atoms. The highest BCUT2D eigenvalue weighted by Crippen LogP contribution is 2.22. The minimum atomic E-state index is -0.102. The summed E-state index contributed by atoms with van der Waals surface area (Å²) in [6.45, 7) is 5.60. The van der Waals surface area contributed by atoms with Crippen molar-refractivity contribution in [2.24, 2.45) is 5.92 Å². The van der Waals surface area contributed by atoms with Gasteiger partial charge < -0.3 is 15.4 Å². The maximum Gasteiger partial charge on any atom is 0.226 e. The molecule has 26 heavy (non-hydrogen) atoms. The number of ether oxygens (including phenoxy) is 1. The van der Waals surface area contributed by atoms with E-state index in [9.17, 15) is 9.59 Å². The minimum Gasteiger partial charge on any atom is -0.496 e. The Kier molecular flexibility index (Phi) is 6.78. The molecule has 0 bridgehead atoms. The largest absolute Gasteiger partial charge is 0.496 e. The lowest BCUT2D eigenvalue weighted by atomic mass is 10.1. The molecule has 0 aliphatic heterocycles. The zero-order valence-electron chi connectivity index (χ0n) is 15.8. The SMILES string of the molecule is COc1ccccc1CCC(=O)Nc1cc(NC(=O)C(C)C)ccc1C. The number of hydrogen-bond donors (Lipinski definition) is 2. The fraction of sp³-hybridized carbons (Fsp3) is 0.333. The second-order valence-corrected chi connectivity index (χ2v) is 6.53. The van der Waals surface area contributed by atoms with E-state index in [1.54, 1.807) is 13.2 Å². The van der Waals surface area contributed by atoms with Crippen LogP contribution in [-0.2, 0) is 16.0 Å². The van der Waals surface area contributed by atoms with Crippen LogP contribution in [0.3, 0.4) is 0 Å². The summed E-state index contributed by atoms with van der Waals surface area (Å²) in [5.41, 5.74) is 3.32. The number of benzene rings is 2. The number of carbonyl (C=O) groups excluding carboxylic acids is 2. The Labute approximate surface area is 154 Å². The van der Waals surface area contributed by atoms with Gasteiger partial charge in [0.2, 0.25) is 11.8 Å². The Morgan fingerprint density at radius 2 is 1.81 bits per heavy atom. The lowest BCUT2D eigenvalue weighted by Gasteiger charge is -2.13. The van der Waals surface area contributed by atoms with E-state index in [0.29, 0.717) is 24.2 Å². The van der Waals surface area contributed by atoms with Gasteiger partial charge in [0.1, 0.15) is 5.75 Å². The van der Waals surface area contributed by atoms with Gasteiger partial charge in [-0.1, -0.05) is 38.1 Å². The van der Waals surface area contributed by atoms with Crippen molar-refractivity contribution in [2.75, 3.05) is 17.7 Å². The summed E-state index contributed by atoms with van der Waals surface area (Å²) in [7, 11) is 1.62. The second kappa shape index (κ2) is 9.04. The summed E-state index contributed by atoms with van der Waals surface area (Å²) in [5.74, 6) is 0.554. The highest BCUT2D eigenvalue weighted by Gasteiger charge is 2.11. The number of amides is 2. The quantitative estimate of drug-likeness (QED) is 0.784. The van der Waals surface area contributed by atoms with Crippen LogP contribution in [0.2, 0.25) is 0 Å². The Bertz CT molecular complexity index is 785. The first kappa shape index (κ1) is 19.5. The highest BCUT2D eigenvalue weighted by molar-refractivity contribution is 5.95. The molecule has 5 heteroatoms. The van der Waals surface area contributed by atoms with Crippen molar-refractivity contribution in [1.82, 2.24) is 0 Å². The van der Waals surface area contributed by atoms with Crippen molar-refractivity contribution < 1.29 is 14.3 Å². The van der Waals surface area contributed by atoms with Crippen LogP contribution < -0.4 is 15.4 Å². The third kappa shape index (κ3) is 5.34. The molecule has 0 saturated heterocycles. The van der Waals surface area contributed by atoms with Gasteiger partial charge in [-0.3, -0.25) is 9.59 Å². The predicted molar refractivity (Wildman–Crippen MR) is 105 cm³/mol. The van der Waals surface area contributed by atoms with Crippen LogP contribution in [0.1, 0.15) is 31.4 Å². The van der Waals surface area contributed by atoms with Crippen LogP contribution in [0, 0.1) is 12.8 Å². The Morgan fingerprint density at radius 1 is 1.08 bits per heavy atom. The van der Waals surface area contributed by atoms with Crippen LogP contribution in [0.4, 0.5) is 11.4 Å². The minimum absolute atomic E-state index is 0.0534. The average Bonchev–Trinajstić information content (AvgIpc) is 2.62. The van der Waals surface area contributed by atoms with Crippen LogP contribution in [0.25, 0.3) is 0 Å². The fourth-order valence-corrected chi connectivity index (χ4v) is 2.49. The molecule has 2 rings (SSSR count). The Balaban J connectivity index is 2.00. The van der Waals surface area contributed by atoms with E-state index in [1.165, 1.54) is 0 Å². The van der Waals surface area contributed by atoms with Crippen molar-refractivity contribution in [3.05, 3.63) is 53.6 Å². The smallest absolute Gasteiger partial charge is 0.226 e. The third-order valence-electron chi connectivity index (χ3n) is 4.12. The van der Waals surface area contributed by atoms with Crippen LogP contribution in [-0.4, -0.2) is 18.9 Å². The topological polar surface area (TPSA) is 67.4 Å². The first-order chi connectivity index (χ1) is 12.4. The summed E-state index contributed by atoms with van der Waals surface area (Å²) in [6.07, 6.45) is 0.946. The summed E-state index contributed by atoms with van der Waals surface area (Å²) >= 11 is 0. The van der Waals surface area contributed by atoms with Gasteiger partial charge in [-0.05, 0) is 42.7 Å². The van der Waals surface area contributed by atoms with E-state index in [-0.39, 0.29) is 17.7 Å². The molecule has 0 saturated carbocycles. The van der Waals surface area contributed by atoms with Crippen LogP contribution in [0.5, 0.6) is 5.75 Å². The van der Waals surface area contributed by atoms with Crippen molar-refractivity contribution in [2.45, 2.75) is 33.6 Å². The van der Waals surface area contributed by atoms with E-state index < -0.39 is 0 Å². The lowest BCUT2D eigenvalue weighted by Crippen LogP contribution is -2.18. The Hall–Kier alpha value is -2.82. The molecule has 0 unspecified atom stereocenters. The second-order valence-electron chi connectivity index (χ2n) is 6.53. The molecule has 2 aromatic carbocycles. The van der Waals surface area contributed by atoms with Crippen molar-refractivity contribution >= 4 is 23.2 Å². The van der Waals surface area contributed by atoms with E-state index in [1.807, 2.05) is 57.2 Å². The lowest BCUT2D eigenvalue weighted by molar-refractivity contribution is -0.119. The van der Waals surface area contributed by atoms with Crippen molar-refractivity contribution in [3.63, 3.8) is 0 Å². The van der Waals surface area contributed by atoms with Gasteiger partial charge >= 0.3 is 0 Å². The van der Waals surface area contributed by atoms with Crippen molar-refractivity contribution in [3.8, 4) is 5.75 Å². The molecule has 0 atom stereocenters. The molecule has 2 aromatic rings. The summed E-state index contributed by atoms with van der Waals surface area (Å²) in [4.78, 5) is 24.2. The zero-order chi connectivity index (χ0) is 19.1. The monoisotopic (exact) mass is 354 g/mol. The molecule has 0 fully saturated rings. The van der Waals surface area contributed by atoms with E-state index >= 15 is 0 Å². The summed E-state index contributed by atoms with van der Waals surface area (Å²) < 4.78 is 5.32. The molecule has 2 N–H and O–H groups in total. The predicted octanol–water partition coefficient (Wildman–Crippen LogP) is 4.17. The molecule has 0 aromatic heterocycles. The molecular weight excluding hydrogens is 328 g/mol. The van der Waals surface area contributed by atoms with Gasteiger partial charge in [0.05, 0.1) is 7.11 Å². The zero-order valence-corrected chi connectivity index (χ0v) is 15.8. The number of aryl methyl sites for hydroxylation is 2. The number of anilines is 2. The van der Waals surface area contributed by atoms with E-state index in [4.69, 9.17) is 4.74 Å². The van der Waals surface area contributed by atoms with Gasteiger partial charge in [-0.25, -0.2) is 0 Å². The summed E-state index contributed by atoms with van der Waals surface area (Å²) in [5, 5.41) is 5.78. The number of nitrogens with one attached hydrogen (secondary N) is 2. The number of carbonyl (C=O) groups is 2. The molecule has 0 heterocycles. The van der Waals surface area contributed by atoms with E-state index in [2.05, 4.69) is 10.6 Å². The van der Waals surface area contributed by atoms with Gasteiger partial charge in [0, 0.05) is 23.7 Å². The standard InChI is InChI=1S/C21H26N2O3/c1-14(2)21(25)22-17-11-9-15(3)18(13-17)23-20(24)12-10-16-7-5-6-8-19(16)26-4/h5-9,11,13-14H,10,12H2,1-4H3,(H,22,25)(H,23,24). The number of hydrogen-bond acceptors (Lipinski definition) is 3. The first-order valence-electron chi connectivity index (χ1n) is 8.74. The first-order valence-corrected chi connectivity index (χ1v) is 8.74. The van der Waals surface area contributed by atoms with Gasteiger partial charge in [-0.15, -0.1) is 0 Å².